The summed E-state index contributed by atoms with van der Waals surface area (Å²) in [7, 11) is 0. The lowest BCUT2D eigenvalue weighted by Gasteiger charge is -2.55. The summed E-state index contributed by atoms with van der Waals surface area (Å²) in [6.45, 7) is 2.31. The summed E-state index contributed by atoms with van der Waals surface area (Å²) in [5.74, 6) is 2.32. The second-order valence-corrected chi connectivity index (χ2v) is 7.80. The molecule has 0 aliphatic heterocycles. The minimum atomic E-state index is -0.308. The lowest BCUT2D eigenvalue weighted by Crippen LogP contribution is -2.52. The second kappa shape index (κ2) is 5.91. The molecule has 4 nitrogen and oxygen atoms in total. The van der Waals surface area contributed by atoms with Gasteiger partial charge in [0.15, 0.2) is 0 Å². The largest absolute Gasteiger partial charge is 0.493 e. The first kappa shape index (κ1) is 15.7. The quantitative estimate of drug-likeness (QED) is 0.605. The minimum absolute atomic E-state index is 0.265. The summed E-state index contributed by atoms with van der Waals surface area (Å²) in [6, 6.07) is 4.91. The summed E-state index contributed by atoms with van der Waals surface area (Å²) >= 11 is 0. The molecule has 24 heavy (non-hydrogen) atoms. The van der Waals surface area contributed by atoms with Crippen molar-refractivity contribution in [2.75, 3.05) is 6.61 Å². The Hall–Kier alpha value is -1.84. The van der Waals surface area contributed by atoms with Crippen LogP contribution in [-0.4, -0.2) is 24.5 Å². The van der Waals surface area contributed by atoms with Gasteiger partial charge in [-0.2, -0.15) is 0 Å². The zero-order valence-electron chi connectivity index (χ0n) is 14.1. The lowest BCUT2D eigenvalue weighted by atomic mass is 9.54. The van der Waals surface area contributed by atoms with Crippen molar-refractivity contribution in [3.05, 3.63) is 29.3 Å². The van der Waals surface area contributed by atoms with Crippen molar-refractivity contribution >= 4 is 12.3 Å². The van der Waals surface area contributed by atoms with Gasteiger partial charge in [0.25, 0.3) is 0 Å². The first-order valence-electron chi connectivity index (χ1n) is 9.06. The zero-order valence-corrected chi connectivity index (χ0v) is 14.1. The van der Waals surface area contributed by atoms with Gasteiger partial charge in [0.2, 0.25) is 0 Å². The molecular formula is C20H24O4. The monoisotopic (exact) mass is 328 g/mol. The second-order valence-electron chi connectivity index (χ2n) is 7.80. The Morgan fingerprint density at radius 3 is 2.33 bits per heavy atom. The Morgan fingerprint density at radius 1 is 1.17 bits per heavy atom. The van der Waals surface area contributed by atoms with Crippen LogP contribution in [0.5, 0.6) is 5.75 Å². The van der Waals surface area contributed by atoms with E-state index in [1.165, 1.54) is 19.3 Å². The van der Waals surface area contributed by atoms with Crippen LogP contribution in [0.15, 0.2) is 18.2 Å². The maximum atomic E-state index is 12.8. The van der Waals surface area contributed by atoms with Crippen molar-refractivity contribution in [2.24, 2.45) is 17.8 Å². The van der Waals surface area contributed by atoms with E-state index in [1.807, 2.05) is 6.92 Å². The van der Waals surface area contributed by atoms with Gasteiger partial charge in [0.05, 0.1) is 6.61 Å². The Bertz CT molecular complexity index is 628. The molecule has 0 amide bonds. The van der Waals surface area contributed by atoms with E-state index in [2.05, 4.69) is 0 Å². The van der Waals surface area contributed by atoms with Crippen molar-refractivity contribution in [1.29, 1.82) is 0 Å². The number of rotatable bonds is 5. The average molecular weight is 328 g/mol. The molecule has 5 rings (SSSR count). The first-order valence-corrected chi connectivity index (χ1v) is 9.06. The highest BCUT2D eigenvalue weighted by atomic mass is 16.6. The van der Waals surface area contributed by atoms with Crippen LogP contribution < -0.4 is 4.74 Å². The molecule has 0 N–H and O–H groups in total. The molecule has 4 heteroatoms. The van der Waals surface area contributed by atoms with E-state index in [9.17, 15) is 9.59 Å². The molecule has 0 unspecified atom stereocenters. The number of carbonyl (C=O) groups excluding carboxylic acids is 2. The van der Waals surface area contributed by atoms with Gasteiger partial charge in [0, 0.05) is 5.56 Å². The highest BCUT2D eigenvalue weighted by Crippen LogP contribution is 2.57. The van der Waals surface area contributed by atoms with Gasteiger partial charge in [-0.05, 0) is 75.3 Å². The van der Waals surface area contributed by atoms with Crippen LogP contribution >= 0.6 is 0 Å². The van der Waals surface area contributed by atoms with E-state index < -0.39 is 0 Å². The Balaban J connectivity index is 1.57. The third-order valence-corrected chi connectivity index (χ3v) is 5.95. The van der Waals surface area contributed by atoms with Crippen LogP contribution in [-0.2, 0) is 4.74 Å². The third-order valence-electron chi connectivity index (χ3n) is 5.95. The molecule has 4 aliphatic rings. The fourth-order valence-corrected chi connectivity index (χ4v) is 5.46. The van der Waals surface area contributed by atoms with Crippen molar-refractivity contribution in [3.63, 3.8) is 0 Å². The summed E-state index contributed by atoms with van der Waals surface area (Å²) in [4.78, 5) is 23.8. The maximum absolute atomic E-state index is 12.8. The molecule has 0 aromatic heterocycles. The fraction of sp³-hybridized carbons (Fsp3) is 0.600. The summed E-state index contributed by atoms with van der Waals surface area (Å²) in [5, 5.41) is 0. The zero-order chi connectivity index (χ0) is 16.7. The SMILES string of the molecule is CCOc1cc(C=O)ccc1C(=O)OC12CC3CC(CC(C3)C1)C2. The molecule has 1 aromatic carbocycles. The molecule has 0 saturated heterocycles. The highest BCUT2D eigenvalue weighted by molar-refractivity contribution is 5.94. The molecule has 4 aliphatic carbocycles. The van der Waals surface area contributed by atoms with Crippen molar-refractivity contribution in [2.45, 2.75) is 51.0 Å². The molecule has 128 valence electrons. The van der Waals surface area contributed by atoms with Gasteiger partial charge >= 0.3 is 5.97 Å². The number of benzene rings is 1. The van der Waals surface area contributed by atoms with Gasteiger partial charge < -0.3 is 9.47 Å². The molecular weight excluding hydrogens is 304 g/mol. The Kier molecular flexibility index (Phi) is 3.86. The number of hydrogen-bond donors (Lipinski definition) is 0. The molecule has 1 aromatic rings. The fourth-order valence-electron chi connectivity index (χ4n) is 5.46. The van der Waals surface area contributed by atoms with Gasteiger partial charge in [-0.25, -0.2) is 4.79 Å². The van der Waals surface area contributed by atoms with E-state index in [0.29, 0.717) is 23.5 Å². The number of esters is 1. The van der Waals surface area contributed by atoms with Gasteiger partial charge in [0.1, 0.15) is 23.2 Å². The molecule has 0 radical (unpaired) electrons. The van der Waals surface area contributed by atoms with E-state index in [1.54, 1.807) is 18.2 Å². The molecule has 4 saturated carbocycles. The normalized spacial score (nSPS) is 33.3. The molecule has 0 spiro atoms. The van der Waals surface area contributed by atoms with E-state index in [4.69, 9.17) is 9.47 Å². The van der Waals surface area contributed by atoms with Crippen molar-refractivity contribution in [3.8, 4) is 5.75 Å². The van der Waals surface area contributed by atoms with Crippen LogP contribution in [0.2, 0.25) is 0 Å². The standard InChI is InChI=1S/C20H24O4/c1-2-23-18-8-13(12-21)3-4-17(18)19(22)24-20-9-14-5-15(10-20)7-16(6-14)11-20/h3-4,8,12,14-16H,2,5-7,9-11H2,1H3. The highest BCUT2D eigenvalue weighted by Gasteiger charge is 2.53. The Labute approximate surface area is 142 Å². The first-order chi connectivity index (χ1) is 11.6. The van der Waals surface area contributed by atoms with E-state index in [-0.39, 0.29) is 11.6 Å². The molecule has 0 heterocycles. The van der Waals surface area contributed by atoms with Crippen LogP contribution in [0, 0.1) is 17.8 Å². The average Bonchev–Trinajstić information content (AvgIpc) is 2.53. The van der Waals surface area contributed by atoms with Gasteiger partial charge in [-0.15, -0.1) is 0 Å². The molecule has 0 atom stereocenters. The predicted molar refractivity (Wildman–Crippen MR) is 89.3 cm³/mol. The molecule has 4 bridgehead atoms. The van der Waals surface area contributed by atoms with E-state index >= 15 is 0 Å². The van der Waals surface area contributed by atoms with Crippen molar-refractivity contribution in [1.82, 2.24) is 0 Å². The topological polar surface area (TPSA) is 52.6 Å². The number of hydrogen-bond acceptors (Lipinski definition) is 4. The van der Waals surface area contributed by atoms with Gasteiger partial charge in [-0.3, -0.25) is 4.79 Å². The van der Waals surface area contributed by atoms with Crippen molar-refractivity contribution < 1.29 is 19.1 Å². The number of carbonyl (C=O) groups is 2. The molecule has 4 fully saturated rings. The van der Waals surface area contributed by atoms with Crippen LogP contribution in [0.25, 0.3) is 0 Å². The maximum Gasteiger partial charge on any atom is 0.342 e. The number of ether oxygens (including phenoxy) is 2. The minimum Gasteiger partial charge on any atom is -0.493 e. The Morgan fingerprint density at radius 2 is 1.79 bits per heavy atom. The van der Waals surface area contributed by atoms with Crippen LogP contribution in [0.3, 0.4) is 0 Å². The van der Waals surface area contributed by atoms with Crippen LogP contribution in [0.4, 0.5) is 0 Å². The predicted octanol–water partition coefficient (Wildman–Crippen LogP) is 4.02. The third kappa shape index (κ3) is 2.72. The summed E-state index contributed by atoms with van der Waals surface area (Å²) in [5.41, 5.74) is 0.668. The lowest BCUT2D eigenvalue weighted by molar-refractivity contribution is -0.131. The summed E-state index contributed by atoms with van der Waals surface area (Å²) in [6.07, 6.45) is 7.75. The van der Waals surface area contributed by atoms with Gasteiger partial charge in [-0.1, -0.05) is 6.07 Å². The number of aldehydes is 1. The smallest absolute Gasteiger partial charge is 0.342 e. The summed E-state index contributed by atoms with van der Waals surface area (Å²) < 4.78 is 11.7. The van der Waals surface area contributed by atoms with E-state index in [0.717, 1.165) is 43.3 Å². The van der Waals surface area contributed by atoms with Crippen LogP contribution in [0.1, 0.15) is 66.2 Å².